The van der Waals surface area contributed by atoms with Crippen molar-refractivity contribution in [2.24, 2.45) is 0 Å². The summed E-state index contributed by atoms with van der Waals surface area (Å²) in [5.41, 5.74) is 2.27. The van der Waals surface area contributed by atoms with Crippen LogP contribution in [0.5, 0.6) is 5.75 Å². The van der Waals surface area contributed by atoms with Gasteiger partial charge in [0.1, 0.15) is 11.6 Å². The summed E-state index contributed by atoms with van der Waals surface area (Å²) in [7, 11) is 1.56. The molecule has 1 atom stereocenters. The number of anilines is 1. The Morgan fingerprint density at radius 3 is 2.53 bits per heavy atom. The van der Waals surface area contributed by atoms with Gasteiger partial charge in [0.15, 0.2) is 17.7 Å². The quantitative estimate of drug-likeness (QED) is 0.489. The molecule has 0 saturated carbocycles. The smallest absolute Gasteiger partial charge is 0.300 e. The lowest BCUT2D eigenvalue weighted by Gasteiger charge is -2.34. The van der Waals surface area contributed by atoms with Crippen molar-refractivity contribution in [3.63, 3.8) is 0 Å². The summed E-state index contributed by atoms with van der Waals surface area (Å²) in [6.45, 7) is 0. The van der Waals surface area contributed by atoms with Crippen LogP contribution in [0.15, 0.2) is 71.5 Å². The topological polar surface area (TPSA) is 77.3 Å². The van der Waals surface area contributed by atoms with Crippen LogP contribution < -0.4 is 15.2 Å². The lowest BCUT2D eigenvalue weighted by molar-refractivity contribution is 0.0986. The fourth-order valence-electron chi connectivity index (χ4n) is 4.35. The number of hydrogen-bond acceptors (Lipinski definition) is 5. The maximum Gasteiger partial charge on any atom is 0.300 e. The van der Waals surface area contributed by atoms with Crippen molar-refractivity contribution < 1.29 is 13.9 Å². The van der Waals surface area contributed by atoms with Crippen molar-refractivity contribution in [2.45, 2.75) is 6.17 Å². The second-order valence-corrected chi connectivity index (χ2v) is 7.56. The Morgan fingerprint density at radius 1 is 0.969 bits per heavy atom. The summed E-state index contributed by atoms with van der Waals surface area (Å²) in [5.74, 6) is 0.199. The number of aromatic nitrogens is 3. The fourth-order valence-corrected chi connectivity index (χ4v) is 4.35. The van der Waals surface area contributed by atoms with Gasteiger partial charge < -0.3 is 4.74 Å². The fraction of sp³-hybridized carbons (Fsp3) is 0.0833. The first-order valence-corrected chi connectivity index (χ1v) is 9.94. The number of carbonyl (C=O) groups excluding carboxylic acids is 1. The largest absolute Gasteiger partial charge is 0.497 e. The first kappa shape index (κ1) is 18.4. The first-order valence-electron chi connectivity index (χ1n) is 9.94. The zero-order chi connectivity index (χ0) is 22.0. The lowest BCUT2D eigenvalue weighted by atomic mass is 10.1. The van der Waals surface area contributed by atoms with Crippen molar-refractivity contribution in [2.75, 3.05) is 12.0 Å². The molecule has 0 fully saturated rings. The van der Waals surface area contributed by atoms with E-state index in [1.807, 2.05) is 12.1 Å². The van der Waals surface area contributed by atoms with Gasteiger partial charge in [0.2, 0.25) is 0 Å². The van der Waals surface area contributed by atoms with E-state index in [1.165, 1.54) is 23.1 Å². The van der Waals surface area contributed by atoms with Crippen molar-refractivity contribution in [1.29, 1.82) is 0 Å². The van der Waals surface area contributed by atoms with Crippen LogP contribution in [0.2, 0.25) is 0 Å². The molecule has 2 aliphatic rings. The summed E-state index contributed by atoms with van der Waals surface area (Å²) < 4.78 is 20.9. The zero-order valence-electron chi connectivity index (χ0n) is 16.8. The molecule has 1 aromatic heterocycles. The van der Waals surface area contributed by atoms with E-state index in [-0.39, 0.29) is 17.4 Å². The highest BCUT2D eigenvalue weighted by Gasteiger charge is 2.44. The number of halogens is 1. The molecule has 3 aromatic carbocycles. The van der Waals surface area contributed by atoms with E-state index in [4.69, 9.17) is 4.74 Å². The Kier molecular flexibility index (Phi) is 3.79. The van der Waals surface area contributed by atoms with Gasteiger partial charge in [0.05, 0.1) is 12.8 Å². The minimum Gasteiger partial charge on any atom is -0.497 e. The van der Waals surface area contributed by atoms with Crippen molar-refractivity contribution in [3.8, 4) is 28.4 Å². The molecule has 4 aromatic rings. The average molecular weight is 426 g/mol. The van der Waals surface area contributed by atoms with E-state index in [1.54, 1.807) is 48.2 Å². The summed E-state index contributed by atoms with van der Waals surface area (Å²) in [6.07, 6.45) is -0.673. The average Bonchev–Trinajstić information content (AvgIpc) is 3.12. The van der Waals surface area contributed by atoms with Gasteiger partial charge in [0, 0.05) is 22.3 Å². The molecule has 0 N–H and O–H groups in total. The highest BCUT2D eigenvalue weighted by atomic mass is 19.1. The molecule has 0 radical (unpaired) electrons. The third-order valence-electron chi connectivity index (χ3n) is 5.82. The van der Waals surface area contributed by atoms with Crippen LogP contribution in [0.4, 0.5) is 10.1 Å². The molecule has 0 saturated heterocycles. The number of fused-ring (bicyclic) bond motifs is 8. The van der Waals surface area contributed by atoms with Crippen LogP contribution in [0.25, 0.3) is 22.6 Å². The van der Waals surface area contributed by atoms with Gasteiger partial charge in [-0.2, -0.15) is 10.1 Å². The monoisotopic (exact) mass is 426 g/mol. The van der Waals surface area contributed by atoms with E-state index in [2.05, 4.69) is 10.1 Å². The van der Waals surface area contributed by atoms with E-state index in [0.29, 0.717) is 33.7 Å². The molecule has 0 unspecified atom stereocenters. The Bertz CT molecular complexity index is 1480. The van der Waals surface area contributed by atoms with E-state index < -0.39 is 17.5 Å². The minimum atomic E-state index is -0.673. The third-order valence-corrected chi connectivity index (χ3v) is 5.82. The number of benzene rings is 3. The Labute approximate surface area is 181 Å². The second kappa shape index (κ2) is 6.58. The summed E-state index contributed by atoms with van der Waals surface area (Å²) in [5, 5.41) is 4.65. The van der Waals surface area contributed by atoms with Crippen LogP contribution in [0.3, 0.4) is 0 Å². The number of nitrogens with zero attached hydrogens (tertiary/aromatic N) is 4. The van der Waals surface area contributed by atoms with Crippen LogP contribution in [0.1, 0.15) is 22.1 Å². The standard InChI is InChI=1S/C24H15FN4O3/c1-32-15-9-6-13(7-10-15)20-22(30)26-21-18-11-8-14(25)12-19(18)28-23(29(21)27-20)16-4-2-3-5-17(16)24(28)31/h2-12,23H,1H3/t23-/m0/s1. The van der Waals surface area contributed by atoms with E-state index >= 15 is 0 Å². The van der Waals surface area contributed by atoms with Gasteiger partial charge in [-0.1, -0.05) is 18.2 Å². The predicted octanol–water partition coefficient (Wildman–Crippen LogP) is 3.64. The maximum absolute atomic E-state index is 14.2. The molecule has 0 aliphatic carbocycles. The molecule has 32 heavy (non-hydrogen) atoms. The van der Waals surface area contributed by atoms with Crippen LogP contribution >= 0.6 is 0 Å². The summed E-state index contributed by atoms with van der Waals surface area (Å²) in [6, 6.07) is 18.2. The zero-order valence-corrected chi connectivity index (χ0v) is 16.8. The predicted molar refractivity (Wildman–Crippen MR) is 115 cm³/mol. The van der Waals surface area contributed by atoms with Crippen LogP contribution in [-0.4, -0.2) is 27.8 Å². The first-order chi connectivity index (χ1) is 15.6. The number of ether oxygens (including phenoxy) is 1. The molecular weight excluding hydrogens is 411 g/mol. The Morgan fingerprint density at radius 2 is 1.75 bits per heavy atom. The summed E-state index contributed by atoms with van der Waals surface area (Å²) >= 11 is 0. The second-order valence-electron chi connectivity index (χ2n) is 7.56. The highest BCUT2D eigenvalue weighted by molar-refractivity contribution is 6.13. The molecule has 2 aliphatic heterocycles. The minimum absolute atomic E-state index is 0.152. The van der Waals surface area contributed by atoms with Gasteiger partial charge in [-0.05, 0) is 48.5 Å². The molecule has 7 nitrogen and oxygen atoms in total. The SMILES string of the molecule is COc1ccc(-c2nn3c(nc2=O)-c2ccc(F)cc2N2C(=O)c4ccccc4[C@@H]23)cc1. The van der Waals surface area contributed by atoms with Crippen molar-refractivity contribution in [3.05, 3.63) is 94.0 Å². The molecule has 3 heterocycles. The van der Waals surface area contributed by atoms with E-state index in [0.717, 1.165) is 0 Å². The molecule has 1 amide bonds. The molecular formula is C24H15FN4O3. The molecule has 6 rings (SSSR count). The van der Waals surface area contributed by atoms with E-state index in [9.17, 15) is 14.0 Å². The molecule has 0 spiro atoms. The number of rotatable bonds is 2. The lowest BCUT2D eigenvalue weighted by Crippen LogP contribution is -2.39. The van der Waals surface area contributed by atoms with Gasteiger partial charge in [0.25, 0.3) is 11.5 Å². The Balaban J connectivity index is 1.64. The Hall–Kier alpha value is -4.33. The van der Waals surface area contributed by atoms with Gasteiger partial charge in [-0.15, -0.1) is 0 Å². The summed E-state index contributed by atoms with van der Waals surface area (Å²) in [4.78, 5) is 32.0. The van der Waals surface area contributed by atoms with Gasteiger partial charge in [-0.3, -0.25) is 14.5 Å². The maximum atomic E-state index is 14.2. The molecule has 0 bridgehead atoms. The molecule has 8 heteroatoms. The highest BCUT2D eigenvalue weighted by Crippen LogP contribution is 2.46. The van der Waals surface area contributed by atoms with Gasteiger partial charge in [-0.25, -0.2) is 9.07 Å². The van der Waals surface area contributed by atoms with Crippen molar-refractivity contribution in [1.82, 2.24) is 14.8 Å². The number of amides is 1. The third kappa shape index (κ3) is 2.46. The van der Waals surface area contributed by atoms with Crippen LogP contribution in [0, 0.1) is 5.82 Å². The number of carbonyl (C=O) groups is 1. The van der Waals surface area contributed by atoms with Crippen molar-refractivity contribution >= 4 is 11.6 Å². The normalized spacial score (nSPS) is 15.6. The molecule has 156 valence electrons. The van der Waals surface area contributed by atoms with Gasteiger partial charge >= 0.3 is 0 Å². The van der Waals surface area contributed by atoms with Crippen LogP contribution in [-0.2, 0) is 0 Å². The number of hydrogen-bond donors (Lipinski definition) is 0. The number of methoxy groups -OCH3 is 1.